The first kappa shape index (κ1) is 15.4. The van der Waals surface area contributed by atoms with Crippen molar-refractivity contribution in [2.45, 2.75) is 6.92 Å². The maximum atomic E-state index is 12.2. The lowest BCUT2D eigenvalue weighted by Gasteiger charge is -2.10. The van der Waals surface area contributed by atoms with Gasteiger partial charge in [-0.3, -0.25) is 4.79 Å². The van der Waals surface area contributed by atoms with Crippen molar-refractivity contribution < 1.29 is 9.53 Å². The van der Waals surface area contributed by atoms with E-state index < -0.39 is 5.91 Å². The highest BCUT2D eigenvalue weighted by Gasteiger charge is 2.12. The first-order chi connectivity index (χ1) is 10.0. The zero-order valence-electron chi connectivity index (χ0n) is 11.2. The predicted octanol–water partition coefficient (Wildman–Crippen LogP) is 3.62. The van der Waals surface area contributed by atoms with Crippen LogP contribution in [0.5, 0.6) is 5.75 Å². The molecule has 2 rings (SSSR count). The average Bonchev–Trinajstić information content (AvgIpc) is 2.44. The molecule has 1 aromatic carbocycles. The van der Waals surface area contributed by atoms with Crippen LogP contribution >= 0.6 is 23.2 Å². The van der Waals surface area contributed by atoms with Crippen LogP contribution in [0.2, 0.25) is 10.2 Å². The van der Waals surface area contributed by atoms with Gasteiger partial charge in [-0.05, 0) is 31.2 Å². The molecule has 0 unspecified atom stereocenters. The van der Waals surface area contributed by atoms with Gasteiger partial charge in [-0.15, -0.1) is 0 Å². The van der Waals surface area contributed by atoms with Crippen LogP contribution in [0.25, 0.3) is 0 Å². The van der Waals surface area contributed by atoms with Gasteiger partial charge in [0, 0.05) is 5.69 Å². The van der Waals surface area contributed by atoms with E-state index in [1.54, 1.807) is 18.2 Å². The van der Waals surface area contributed by atoms with E-state index in [1.165, 1.54) is 12.3 Å². The Hall–Kier alpha value is -1.98. The number of carbonyl (C=O) groups excluding carboxylic acids is 1. The summed E-state index contributed by atoms with van der Waals surface area (Å²) in [6, 6.07) is 6.38. The lowest BCUT2D eigenvalue weighted by atomic mass is 10.2. The Kier molecular flexibility index (Phi) is 4.88. The molecule has 0 spiro atoms. The van der Waals surface area contributed by atoms with Crippen molar-refractivity contribution in [3.63, 3.8) is 0 Å². The number of benzene rings is 1. The van der Waals surface area contributed by atoms with Crippen LogP contribution in [-0.2, 0) is 0 Å². The number of hydrogen-bond donors (Lipinski definition) is 2. The summed E-state index contributed by atoms with van der Waals surface area (Å²) < 4.78 is 5.33. The number of hydrogen-bond acceptors (Lipinski definition) is 4. The topological polar surface area (TPSA) is 77.2 Å². The number of amides is 1. The smallest absolute Gasteiger partial charge is 0.257 e. The first-order valence-electron chi connectivity index (χ1n) is 6.16. The van der Waals surface area contributed by atoms with Crippen molar-refractivity contribution in [3.8, 4) is 5.75 Å². The van der Waals surface area contributed by atoms with Crippen molar-refractivity contribution in [1.29, 1.82) is 0 Å². The molecular weight excluding hydrogens is 313 g/mol. The van der Waals surface area contributed by atoms with E-state index in [9.17, 15) is 4.79 Å². The quantitative estimate of drug-likeness (QED) is 0.841. The van der Waals surface area contributed by atoms with Crippen molar-refractivity contribution >= 4 is 40.5 Å². The highest BCUT2D eigenvalue weighted by Crippen LogP contribution is 2.28. The number of aromatic nitrogens is 1. The lowest BCUT2D eigenvalue weighted by Crippen LogP contribution is -2.14. The number of nitrogens with zero attached hydrogens (tertiary/aromatic N) is 1. The largest absolute Gasteiger partial charge is 0.492 e. The molecule has 0 aliphatic rings. The molecule has 7 heteroatoms. The van der Waals surface area contributed by atoms with Gasteiger partial charge in [0.15, 0.2) is 0 Å². The van der Waals surface area contributed by atoms with Crippen LogP contribution in [0, 0.1) is 0 Å². The molecule has 0 aliphatic heterocycles. The number of carbonyl (C=O) groups is 1. The highest BCUT2D eigenvalue weighted by molar-refractivity contribution is 6.32. The maximum absolute atomic E-state index is 12.2. The van der Waals surface area contributed by atoms with E-state index in [2.05, 4.69) is 10.3 Å². The summed E-state index contributed by atoms with van der Waals surface area (Å²) in [5.74, 6) is 0.167. The molecule has 0 radical (unpaired) electrons. The molecule has 0 atom stereocenters. The molecule has 1 heterocycles. The number of ether oxygens (including phenoxy) is 1. The van der Waals surface area contributed by atoms with Crippen molar-refractivity contribution in [2.75, 3.05) is 17.7 Å². The lowest BCUT2D eigenvalue weighted by molar-refractivity contribution is 0.102. The Morgan fingerprint density at radius 3 is 2.81 bits per heavy atom. The number of nitrogen functional groups attached to an aromatic ring is 1. The fourth-order valence-corrected chi connectivity index (χ4v) is 2.08. The van der Waals surface area contributed by atoms with E-state index in [-0.39, 0.29) is 16.4 Å². The van der Waals surface area contributed by atoms with E-state index in [0.717, 1.165) is 0 Å². The molecule has 2 aromatic rings. The van der Waals surface area contributed by atoms with E-state index in [0.29, 0.717) is 23.1 Å². The molecule has 0 aliphatic carbocycles. The third kappa shape index (κ3) is 3.77. The van der Waals surface area contributed by atoms with Gasteiger partial charge in [-0.25, -0.2) is 4.98 Å². The molecule has 5 nitrogen and oxygen atoms in total. The minimum absolute atomic E-state index is 0.194. The Balaban J connectivity index is 2.19. The molecule has 3 N–H and O–H groups in total. The first-order valence-corrected chi connectivity index (χ1v) is 6.91. The van der Waals surface area contributed by atoms with E-state index in [4.69, 9.17) is 33.7 Å². The second kappa shape index (κ2) is 6.65. The second-order valence-electron chi connectivity index (χ2n) is 4.13. The number of rotatable bonds is 4. The second-order valence-corrected chi connectivity index (χ2v) is 4.92. The monoisotopic (exact) mass is 325 g/mol. The maximum Gasteiger partial charge on any atom is 0.257 e. The van der Waals surface area contributed by atoms with Gasteiger partial charge in [0.2, 0.25) is 0 Å². The number of anilines is 2. The summed E-state index contributed by atoms with van der Waals surface area (Å²) >= 11 is 11.8. The van der Waals surface area contributed by atoms with Gasteiger partial charge in [-0.1, -0.05) is 23.2 Å². The van der Waals surface area contributed by atoms with Gasteiger partial charge in [0.1, 0.15) is 10.9 Å². The Labute approximate surface area is 132 Å². The van der Waals surface area contributed by atoms with E-state index >= 15 is 0 Å². The average molecular weight is 326 g/mol. The number of nitrogens with one attached hydrogen (secondary N) is 1. The summed E-state index contributed by atoms with van der Waals surface area (Å²) in [5, 5.41) is 3.30. The SMILES string of the molecule is CCOc1ccc(NC(=O)c2cc(Cl)ncc2N)cc1Cl. The predicted molar refractivity (Wildman–Crippen MR) is 84.2 cm³/mol. The summed E-state index contributed by atoms with van der Waals surface area (Å²) in [4.78, 5) is 16.0. The number of pyridine rings is 1. The third-order valence-electron chi connectivity index (χ3n) is 2.64. The summed E-state index contributed by atoms with van der Waals surface area (Å²) in [6.45, 7) is 2.37. The fourth-order valence-electron chi connectivity index (χ4n) is 1.69. The summed E-state index contributed by atoms with van der Waals surface area (Å²) in [7, 11) is 0. The standard InChI is InChI=1S/C14H13Cl2N3O2/c1-2-21-12-4-3-8(5-10(12)15)19-14(20)9-6-13(16)18-7-11(9)17/h3-7H,2,17H2,1H3,(H,19,20). The molecular formula is C14H13Cl2N3O2. The Morgan fingerprint density at radius 1 is 1.38 bits per heavy atom. The van der Waals surface area contributed by atoms with Gasteiger partial charge in [-0.2, -0.15) is 0 Å². The minimum atomic E-state index is -0.392. The molecule has 0 fully saturated rings. The number of halogens is 2. The molecule has 21 heavy (non-hydrogen) atoms. The Morgan fingerprint density at radius 2 is 2.14 bits per heavy atom. The van der Waals surface area contributed by atoms with Crippen LogP contribution in [0.3, 0.4) is 0 Å². The number of nitrogens with two attached hydrogens (primary N) is 1. The van der Waals surface area contributed by atoms with Crippen LogP contribution in [0.4, 0.5) is 11.4 Å². The van der Waals surface area contributed by atoms with Gasteiger partial charge < -0.3 is 15.8 Å². The van der Waals surface area contributed by atoms with E-state index in [1.807, 2.05) is 6.92 Å². The van der Waals surface area contributed by atoms with Crippen LogP contribution < -0.4 is 15.8 Å². The third-order valence-corrected chi connectivity index (χ3v) is 3.14. The van der Waals surface area contributed by atoms with Gasteiger partial charge in [0.05, 0.1) is 29.1 Å². The van der Waals surface area contributed by atoms with Crippen LogP contribution in [0.1, 0.15) is 17.3 Å². The fraction of sp³-hybridized carbons (Fsp3) is 0.143. The normalized spacial score (nSPS) is 10.2. The highest BCUT2D eigenvalue weighted by atomic mass is 35.5. The van der Waals surface area contributed by atoms with Crippen LogP contribution in [0.15, 0.2) is 30.5 Å². The summed E-state index contributed by atoms with van der Waals surface area (Å²) in [6.07, 6.45) is 1.34. The van der Waals surface area contributed by atoms with Gasteiger partial charge in [0.25, 0.3) is 5.91 Å². The minimum Gasteiger partial charge on any atom is -0.492 e. The van der Waals surface area contributed by atoms with Crippen molar-refractivity contribution in [1.82, 2.24) is 4.98 Å². The zero-order valence-corrected chi connectivity index (χ0v) is 12.7. The van der Waals surface area contributed by atoms with Gasteiger partial charge >= 0.3 is 0 Å². The van der Waals surface area contributed by atoms with Crippen molar-refractivity contribution in [2.24, 2.45) is 0 Å². The van der Waals surface area contributed by atoms with Crippen molar-refractivity contribution in [3.05, 3.63) is 46.2 Å². The summed E-state index contributed by atoms with van der Waals surface area (Å²) in [5.41, 5.74) is 6.73. The molecule has 0 saturated carbocycles. The molecule has 0 saturated heterocycles. The van der Waals surface area contributed by atoms with Crippen LogP contribution in [-0.4, -0.2) is 17.5 Å². The Bertz CT molecular complexity index is 677. The molecule has 0 bridgehead atoms. The zero-order chi connectivity index (χ0) is 15.4. The molecule has 110 valence electrons. The molecule has 1 aromatic heterocycles. The molecule has 1 amide bonds.